The van der Waals surface area contributed by atoms with Crippen LogP contribution < -0.4 is 4.74 Å². The van der Waals surface area contributed by atoms with Gasteiger partial charge >= 0.3 is 8.56 Å². The van der Waals surface area contributed by atoms with Gasteiger partial charge in [0.2, 0.25) is 0 Å². The lowest BCUT2D eigenvalue weighted by Gasteiger charge is -2.37. The van der Waals surface area contributed by atoms with Gasteiger partial charge < -0.3 is 22.2 Å². The molecule has 0 aliphatic carbocycles. The second-order valence-electron chi connectivity index (χ2n) is 10.2. The summed E-state index contributed by atoms with van der Waals surface area (Å²) in [7, 11) is -7.84. The van der Waals surface area contributed by atoms with E-state index >= 15 is 0 Å². The second kappa shape index (κ2) is 11.3. The normalized spacial score (nSPS) is 15.0. The number of carbonyl (C=O) groups excluding carboxylic acids is 1. The van der Waals surface area contributed by atoms with E-state index in [1.165, 1.54) is 6.07 Å². The lowest BCUT2D eigenvalue weighted by atomic mass is 10.0. The molecule has 2 aromatic rings. The summed E-state index contributed by atoms with van der Waals surface area (Å²) in [4.78, 5) is 12.6. The van der Waals surface area contributed by atoms with E-state index in [1.54, 1.807) is 36.4 Å². The van der Waals surface area contributed by atoms with Crippen LogP contribution in [0.3, 0.4) is 0 Å². The van der Waals surface area contributed by atoms with Crippen molar-refractivity contribution in [2.45, 2.75) is 58.4 Å². The van der Waals surface area contributed by atoms with Crippen LogP contribution in [0.15, 0.2) is 48.5 Å². The summed E-state index contributed by atoms with van der Waals surface area (Å²) < 4.78 is 25.1. The molecule has 182 valence electrons. The number of ether oxygens (including phenoxy) is 1. The highest BCUT2D eigenvalue weighted by Gasteiger charge is 2.39. The second-order valence-corrected chi connectivity index (χ2v) is 25.3. The molecule has 0 fully saturated rings. The first-order valence-electron chi connectivity index (χ1n) is 11.3. The number of carbonyl (C=O) groups is 1. The predicted molar refractivity (Wildman–Crippen MR) is 143 cm³/mol. The molecule has 2 unspecified atom stereocenters. The molecule has 0 aliphatic rings. The molecular formula is C23H38O6Si4. The lowest BCUT2D eigenvalue weighted by molar-refractivity contribution is 0.103. The maximum Gasteiger partial charge on any atom is 0.319 e. The van der Waals surface area contributed by atoms with Crippen LogP contribution in [-0.2, 0) is 12.3 Å². The fourth-order valence-electron chi connectivity index (χ4n) is 3.55. The van der Waals surface area contributed by atoms with Crippen molar-refractivity contribution in [1.82, 2.24) is 0 Å². The SMILES string of the molecule is C[SiH](O[Si](C)(C)C)O[Si](C)(CCOc1ccc(C(=O)c2ccccc2)c(O)c1)O[Si](C)(C)C. The molecule has 2 atom stereocenters. The van der Waals surface area contributed by atoms with E-state index in [-0.39, 0.29) is 17.1 Å². The average Bonchev–Trinajstić information content (AvgIpc) is 2.65. The van der Waals surface area contributed by atoms with Gasteiger partial charge in [-0.15, -0.1) is 0 Å². The van der Waals surface area contributed by atoms with Gasteiger partial charge in [-0.05, 0) is 64.5 Å². The number of hydrogen-bond donors (Lipinski definition) is 1. The van der Waals surface area contributed by atoms with E-state index in [4.69, 9.17) is 17.1 Å². The van der Waals surface area contributed by atoms with Crippen LogP contribution in [0.25, 0.3) is 0 Å². The number of ketones is 1. The van der Waals surface area contributed by atoms with Crippen molar-refractivity contribution in [3.8, 4) is 11.5 Å². The van der Waals surface area contributed by atoms with Gasteiger partial charge in [-0.3, -0.25) is 4.79 Å². The van der Waals surface area contributed by atoms with Crippen molar-refractivity contribution in [3.05, 3.63) is 59.7 Å². The number of rotatable bonds is 12. The highest BCUT2D eigenvalue weighted by atomic mass is 28.5. The van der Waals surface area contributed by atoms with E-state index in [9.17, 15) is 9.90 Å². The molecule has 0 aliphatic heterocycles. The molecule has 0 bridgehead atoms. The number of benzene rings is 2. The monoisotopic (exact) mass is 522 g/mol. The largest absolute Gasteiger partial charge is 0.507 e. The predicted octanol–water partition coefficient (Wildman–Crippen LogP) is 5.64. The standard InChI is InChI=1S/C23H38O6Si4/c1-30(27-31(2,3)4)28-33(8,29-32(5,6)7)17-16-26-20-14-15-21(22(24)18-20)23(25)19-12-10-9-11-13-19/h9-15,18,24,30H,16-17H2,1-8H3. The zero-order chi connectivity index (χ0) is 24.9. The van der Waals surface area contributed by atoms with E-state index in [2.05, 4.69) is 52.4 Å². The van der Waals surface area contributed by atoms with Gasteiger partial charge in [0, 0.05) is 17.7 Å². The Morgan fingerprint density at radius 3 is 2.09 bits per heavy atom. The molecule has 0 amide bonds. The smallest absolute Gasteiger partial charge is 0.319 e. The van der Waals surface area contributed by atoms with Crippen LogP contribution in [0, 0.1) is 0 Å². The summed E-state index contributed by atoms with van der Waals surface area (Å²) in [6.45, 7) is 17.5. The Hall–Kier alpha value is -1.54. The summed E-state index contributed by atoms with van der Waals surface area (Å²) in [6, 6.07) is 14.3. The molecular weight excluding hydrogens is 485 g/mol. The van der Waals surface area contributed by atoms with Crippen molar-refractivity contribution in [2.24, 2.45) is 0 Å². The molecule has 0 aromatic heterocycles. The van der Waals surface area contributed by atoms with Gasteiger partial charge in [0.05, 0.1) is 12.2 Å². The van der Waals surface area contributed by atoms with Gasteiger partial charge in [-0.1, -0.05) is 30.3 Å². The summed E-state index contributed by atoms with van der Waals surface area (Å²) in [5.74, 6) is 0.184. The van der Waals surface area contributed by atoms with Gasteiger partial charge in [0.15, 0.2) is 22.4 Å². The Bertz CT molecular complexity index is 927. The molecule has 0 heterocycles. The van der Waals surface area contributed by atoms with Crippen LogP contribution in [0.5, 0.6) is 11.5 Å². The van der Waals surface area contributed by atoms with Crippen molar-refractivity contribution >= 4 is 40.3 Å². The molecule has 0 radical (unpaired) electrons. The quantitative estimate of drug-likeness (QED) is 0.287. The summed E-state index contributed by atoms with van der Waals surface area (Å²) in [6.07, 6.45) is 0. The van der Waals surface area contributed by atoms with Gasteiger partial charge in [0.1, 0.15) is 11.5 Å². The number of aromatic hydroxyl groups is 1. The lowest BCUT2D eigenvalue weighted by Crippen LogP contribution is -2.52. The summed E-state index contributed by atoms with van der Waals surface area (Å²) >= 11 is 0. The van der Waals surface area contributed by atoms with E-state index < -0.39 is 34.5 Å². The number of hydrogen-bond acceptors (Lipinski definition) is 6. The maximum atomic E-state index is 12.6. The van der Waals surface area contributed by atoms with Gasteiger partial charge in [0.25, 0.3) is 9.28 Å². The zero-order valence-electron chi connectivity index (χ0n) is 21.1. The third-order valence-corrected chi connectivity index (χ3v) is 17.3. The van der Waals surface area contributed by atoms with Crippen molar-refractivity contribution in [3.63, 3.8) is 0 Å². The maximum absolute atomic E-state index is 12.6. The fourth-order valence-corrected chi connectivity index (χ4v) is 18.1. The van der Waals surface area contributed by atoms with Gasteiger partial charge in [-0.2, -0.15) is 0 Å². The molecule has 10 heteroatoms. The Kier molecular flexibility index (Phi) is 9.45. The Morgan fingerprint density at radius 2 is 1.55 bits per heavy atom. The molecule has 0 saturated heterocycles. The third-order valence-electron chi connectivity index (χ3n) is 4.53. The first kappa shape index (κ1) is 27.7. The summed E-state index contributed by atoms with van der Waals surface area (Å²) in [5.41, 5.74) is 0.782. The van der Waals surface area contributed by atoms with Crippen LogP contribution >= 0.6 is 0 Å². The minimum Gasteiger partial charge on any atom is -0.507 e. The highest BCUT2D eigenvalue weighted by Crippen LogP contribution is 2.27. The van der Waals surface area contributed by atoms with Crippen molar-refractivity contribution in [1.29, 1.82) is 0 Å². The van der Waals surface area contributed by atoms with Crippen LogP contribution in [0.4, 0.5) is 0 Å². The van der Waals surface area contributed by atoms with Crippen molar-refractivity contribution < 1.29 is 27.0 Å². The molecule has 0 spiro atoms. The topological polar surface area (TPSA) is 74.2 Å². The molecule has 6 nitrogen and oxygen atoms in total. The molecule has 33 heavy (non-hydrogen) atoms. The Balaban J connectivity index is 2.05. The molecule has 2 aromatic carbocycles. The van der Waals surface area contributed by atoms with Gasteiger partial charge in [-0.25, -0.2) is 0 Å². The van der Waals surface area contributed by atoms with Crippen LogP contribution in [0.1, 0.15) is 15.9 Å². The van der Waals surface area contributed by atoms with Crippen LogP contribution in [0.2, 0.25) is 58.4 Å². The first-order chi connectivity index (χ1) is 15.2. The average molecular weight is 523 g/mol. The Labute approximate surface area is 203 Å². The zero-order valence-corrected chi connectivity index (χ0v) is 25.3. The van der Waals surface area contributed by atoms with Crippen LogP contribution in [-0.4, -0.2) is 52.0 Å². The molecule has 0 saturated carbocycles. The third kappa shape index (κ3) is 9.69. The minimum absolute atomic E-state index is 0.0967. The first-order valence-corrected chi connectivity index (χ1v) is 22.7. The minimum atomic E-state index is -2.51. The van der Waals surface area contributed by atoms with E-state index in [0.717, 1.165) is 0 Å². The molecule has 2 rings (SSSR count). The van der Waals surface area contributed by atoms with Crippen molar-refractivity contribution in [2.75, 3.05) is 6.61 Å². The highest BCUT2D eigenvalue weighted by molar-refractivity contribution is 6.85. The number of phenolic OH excluding ortho intramolecular Hbond substituents is 1. The van der Waals surface area contributed by atoms with E-state index in [0.29, 0.717) is 24.0 Å². The Morgan fingerprint density at radius 1 is 0.909 bits per heavy atom. The molecule has 1 N–H and O–H groups in total. The number of phenols is 1. The van der Waals surface area contributed by atoms with E-state index in [1.807, 2.05) is 6.07 Å². The summed E-state index contributed by atoms with van der Waals surface area (Å²) in [5, 5.41) is 10.4. The fraction of sp³-hybridized carbons (Fsp3) is 0.435.